The minimum atomic E-state index is -2.86. The van der Waals surface area contributed by atoms with Crippen molar-refractivity contribution in [1.82, 2.24) is 15.1 Å². The van der Waals surface area contributed by atoms with Gasteiger partial charge in [0.2, 0.25) is 0 Å². The molecule has 0 aliphatic carbocycles. The van der Waals surface area contributed by atoms with Crippen LogP contribution in [0.3, 0.4) is 0 Å². The maximum absolute atomic E-state index is 11.2. The minimum absolute atomic E-state index is 0.261. The van der Waals surface area contributed by atoms with Crippen LogP contribution in [0.1, 0.15) is 25.0 Å². The highest BCUT2D eigenvalue weighted by molar-refractivity contribution is 7.90. The van der Waals surface area contributed by atoms with E-state index in [1.807, 2.05) is 19.1 Å². The first-order chi connectivity index (χ1) is 10.3. The summed E-state index contributed by atoms with van der Waals surface area (Å²) < 4.78 is 22.4. The molecule has 0 aromatic carbocycles. The highest BCUT2D eigenvalue weighted by Crippen LogP contribution is 2.20. The van der Waals surface area contributed by atoms with Gasteiger partial charge in [-0.3, -0.25) is 0 Å². The van der Waals surface area contributed by atoms with Gasteiger partial charge in [-0.1, -0.05) is 0 Å². The molecule has 1 saturated heterocycles. The molecule has 0 bridgehead atoms. The summed E-state index contributed by atoms with van der Waals surface area (Å²) in [5.41, 5.74) is 0.926. The number of aromatic nitrogens is 2. The number of likely N-dealkylation sites (N-methyl/N-ethyl adjacent to an activating group) is 1. The molecule has 0 amide bonds. The van der Waals surface area contributed by atoms with Gasteiger partial charge in [-0.05, 0) is 51.9 Å². The van der Waals surface area contributed by atoms with E-state index in [0.29, 0.717) is 12.5 Å². The van der Waals surface area contributed by atoms with Crippen LogP contribution in [-0.4, -0.2) is 68.2 Å². The van der Waals surface area contributed by atoms with Gasteiger partial charge in [0.15, 0.2) is 5.82 Å². The molecule has 22 heavy (non-hydrogen) atoms. The lowest BCUT2D eigenvalue weighted by Crippen LogP contribution is -2.47. The number of rotatable bonds is 6. The van der Waals surface area contributed by atoms with E-state index in [1.165, 1.54) is 6.26 Å². The summed E-state index contributed by atoms with van der Waals surface area (Å²) in [7, 11) is -0.783. The molecule has 0 spiro atoms. The Morgan fingerprint density at radius 2 is 2.14 bits per heavy atom. The van der Waals surface area contributed by atoms with Crippen molar-refractivity contribution in [2.24, 2.45) is 0 Å². The number of sulfone groups is 1. The van der Waals surface area contributed by atoms with Crippen molar-refractivity contribution >= 4 is 15.7 Å². The first-order valence-electron chi connectivity index (χ1n) is 7.78. The molecule has 0 saturated carbocycles. The van der Waals surface area contributed by atoms with Gasteiger partial charge < -0.3 is 9.80 Å². The topological polar surface area (TPSA) is 66.4 Å². The van der Waals surface area contributed by atoms with Gasteiger partial charge in [-0.25, -0.2) is 8.42 Å². The van der Waals surface area contributed by atoms with Gasteiger partial charge in [-0.2, -0.15) is 5.10 Å². The van der Waals surface area contributed by atoms with Gasteiger partial charge in [0.25, 0.3) is 0 Å². The minimum Gasteiger partial charge on any atom is -0.354 e. The highest BCUT2D eigenvalue weighted by Gasteiger charge is 2.24. The van der Waals surface area contributed by atoms with Crippen LogP contribution in [0, 0.1) is 6.92 Å². The van der Waals surface area contributed by atoms with E-state index in [2.05, 4.69) is 27.0 Å². The third kappa shape index (κ3) is 5.21. The molecular weight excluding hydrogens is 300 g/mol. The lowest BCUT2D eigenvalue weighted by atomic mass is 10.0. The monoisotopic (exact) mass is 326 g/mol. The second kappa shape index (κ2) is 7.37. The molecule has 124 valence electrons. The quantitative estimate of drug-likeness (QED) is 0.780. The Balaban J connectivity index is 1.88. The first-order valence-corrected chi connectivity index (χ1v) is 9.84. The highest BCUT2D eigenvalue weighted by atomic mass is 32.2. The number of hydrogen-bond donors (Lipinski definition) is 0. The third-order valence-electron chi connectivity index (χ3n) is 4.15. The summed E-state index contributed by atoms with van der Waals surface area (Å²) in [6, 6.07) is 4.45. The fraction of sp³-hybridized carbons (Fsp3) is 0.733. The number of nitrogens with zero attached hydrogens (tertiary/aromatic N) is 4. The number of piperidine rings is 1. The van der Waals surface area contributed by atoms with E-state index in [-0.39, 0.29) is 5.75 Å². The van der Waals surface area contributed by atoms with Crippen LogP contribution in [0.25, 0.3) is 0 Å². The Hall–Kier alpha value is -1.21. The maximum atomic E-state index is 11.2. The third-order valence-corrected chi connectivity index (χ3v) is 5.18. The van der Waals surface area contributed by atoms with E-state index in [9.17, 15) is 8.42 Å². The van der Waals surface area contributed by atoms with Crippen LogP contribution in [0.15, 0.2) is 12.1 Å². The average molecular weight is 326 g/mol. The molecule has 1 unspecified atom stereocenters. The molecular formula is C15H26N4O2S. The summed E-state index contributed by atoms with van der Waals surface area (Å²) in [5, 5.41) is 8.40. The van der Waals surface area contributed by atoms with Crippen molar-refractivity contribution < 1.29 is 8.42 Å². The Morgan fingerprint density at radius 3 is 2.77 bits per heavy atom. The van der Waals surface area contributed by atoms with Gasteiger partial charge in [-0.15, -0.1) is 5.10 Å². The molecule has 1 aromatic rings. The lowest BCUT2D eigenvalue weighted by Gasteiger charge is -2.38. The van der Waals surface area contributed by atoms with Crippen LogP contribution in [0.2, 0.25) is 0 Å². The van der Waals surface area contributed by atoms with Crippen LogP contribution >= 0.6 is 0 Å². The van der Waals surface area contributed by atoms with E-state index in [4.69, 9.17) is 0 Å². The SMILES string of the molecule is Cc1ccc(N2CCCC(N(C)CCCS(C)(=O)=O)C2)nn1. The predicted molar refractivity (Wildman–Crippen MR) is 89.0 cm³/mol. The van der Waals surface area contributed by atoms with Gasteiger partial charge in [0.1, 0.15) is 9.84 Å². The van der Waals surface area contributed by atoms with Crippen molar-refractivity contribution in [3.63, 3.8) is 0 Å². The average Bonchev–Trinajstić information content (AvgIpc) is 2.47. The molecule has 6 nitrogen and oxygen atoms in total. The molecule has 1 aromatic heterocycles. The Labute approximate surface area is 133 Å². The normalized spacial score (nSPS) is 19.6. The zero-order chi connectivity index (χ0) is 16.2. The van der Waals surface area contributed by atoms with Gasteiger partial charge in [0.05, 0.1) is 11.4 Å². The molecule has 1 aliphatic heterocycles. The fourth-order valence-corrected chi connectivity index (χ4v) is 3.50. The molecule has 2 heterocycles. The van der Waals surface area contributed by atoms with Crippen molar-refractivity contribution in [2.45, 2.75) is 32.2 Å². The largest absolute Gasteiger partial charge is 0.354 e. The second-order valence-electron chi connectivity index (χ2n) is 6.24. The summed E-state index contributed by atoms with van der Waals surface area (Å²) in [6.07, 6.45) is 4.25. The van der Waals surface area contributed by atoms with Gasteiger partial charge in [0, 0.05) is 25.4 Å². The van der Waals surface area contributed by atoms with Crippen molar-refractivity contribution in [3.8, 4) is 0 Å². The molecule has 0 N–H and O–H groups in total. The van der Waals surface area contributed by atoms with Crippen LogP contribution in [0.4, 0.5) is 5.82 Å². The number of anilines is 1. The fourth-order valence-electron chi connectivity index (χ4n) is 2.84. The Bertz CT molecular complexity index is 574. The van der Waals surface area contributed by atoms with Crippen LogP contribution in [0.5, 0.6) is 0 Å². The second-order valence-corrected chi connectivity index (χ2v) is 8.50. The Morgan fingerprint density at radius 1 is 1.36 bits per heavy atom. The van der Waals surface area contributed by atoms with Crippen LogP contribution in [-0.2, 0) is 9.84 Å². The standard InChI is InChI=1S/C15H26N4O2S/c1-13-7-8-15(17-16-13)19-10-4-6-14(12-19)18(2)9-5-11-22(3,20)21/h7-8,14H,4-6,9-12H2,1-3H3. The van der Waals surface area contributed by atoms with Crippen molar-refractivity contribution in [3.05, 3.63) is 17.8 Å². The molecule has 7 heteroatoms. The number of hydrogen-bond acceptors (Lipinski definition) is 6. The van der Waals surface area contributed by atoms with E-state index < -0.39 is 9.84 Å². The van der Waals surface area contributed by atoms with Crippen LogP contribution < -0.4 is 4.90 Å². The van der Waals surface area contributed by atoms with E-state index in [1.54, 1.807) is 0 Å². The lowest BCUT2D eigenvalue weighted by molar-refractivity contribution is 0.215. The first kappa shape index (κ1) is 17.1. The molecule has 1 atom stereocenters. The summed E-state index contributed by atoms with van der Waals surface area (Å²) in [4.78, 5) is 4.55. The van der Waals surface area contributed by atoms with Gasteiger partial charge >= 0.3 is 0 Å². The molecule has 0 radical (unpaired) electrons. The van der Waals surface area contributed by atoms with Crippen molar-refractivity contribution in [2.75, 3.05) is 43.6 Å². The number of aryl methyl sites for hydroxylation is 1. The zero-order valence-electron chi connectivity index (χ0n) is 13.7. The Kier molecular flexibility index (Phi) is 5.74. The summed E-state index contributed by atoms with van der Waals surface area (Å²) in [5.74, 6) is 1.19. The van der Waals surface area contributed by atoms with E-state index >= 15 is 0 Å². The maximum Gasteiger partial charge on any atom is 0.151 e. The summed E-state index contributed by atoms with van der Waals surface area (Å²) >= 11 is 0. The van der Waals surface area contributed by atoms with E-state index in [0.717, 1.165) is 44.0 Å². The molecule has 1 aliphatic rings. The zero-order valence-corrected chi connectivity index (χ0v) is 14.5. The smallest absolute Gasteiger partial charge is 0.151 e. The predicted octanol–water partition coefficient (Wildman–Crippen LogP) is 1.12. The summed E-state index contributed by atoms with van der Waals surface area (Å²) in [6.45, 7) is 4.68. The van der Waals surface area contributed by atoms with Crippen molar-refractivity contribution in [1.29, 1.82) is 0 Å². The molecule has 1 fully saturated rings. The molecule has 2 rings (SSSR count).